The smallest absolute Gasteiger partial charge is 0.220 e. The minimum Gasteiger partial charge on any atom is -0.378 e. The van der Waals surface area contributed by atoms with Crippen LogP contribution in [0.2, 0.25) is 5.02 Å². The Bertz CT molecular complexity index is 1170. The Morgan fingerprint density at radius 2 is 2.00 bits per heavy atom. The highest BCUT2D eigenvalue weighted by atomic mass is 35.5. The topological polar surface area (TPSA) is 80.2 Å². The molecule has 1 aliphatic carbocycles. The van der Waals surface area contributed by atoms with E-state index in [1.807, 2.05) is 6.07 Å². The fourth-order valence-electron chi connectivity index (χ4n) is 4.38. The maximum atomic E-state index is 10.6. The molecule has 0 atom stereocenters. The Morgan fingerprint density at radius 3 is 2.72 bits per heavy atom. The summed E-state index contributed by atoms with van der Waals surface area (Å²) in [5.74, 6) is 6.48. The molecule has 32 heavy (non-hydrogen) atoms. The van der Waals surface area contributed by atoms with Crippen LogP contribution in [-0.4, -0.2) is 49.8 Å². The summed E-state index contributed by atoms with van der Waals surface area (Å²) >= 11 is 6.46. The molecule has 4 rings (SSSR count). The van der Waals surface area contributed by atoms with Crippen LogP contribution in [0.3, 0.4) is 0 Å². The van der Waals surface area contributed by atoms with Crippen molar-refractivity contribution >= 4 is 28.5 Å². The van der Waals surface area contributed by atoms with Gasteiger partial charge in [0.05, 0.1) is 16.9 Å². The summed E-state index contributed by atoms with van der Waals surface area (Å²) in [6.45, 7) is 8.18. The van der Waals surface area contributed by atoms with Gasteiger partial charge in [-0.05, 0) is 57.0 Å². The third kappa shape index (κ3) is 4.75. The van der Waals surface area contributed by atoms with E-state index < -0.39 is 5.60 Å². The van der Waals surface area contributed by atoms with Gasteiger partial charge in [0.25, 0.3) is 0 Å². The Kier molecular flexibility index (Phi) is 6.71. The molecule has 0 spiro atoms. The van der Waals surface area contributed by atoms with Gasteiger partial charge in [0.1, 0.15) is 5.60 Å². The van der Waals surface area contributed by atoms with Gasteiger partial charge in [-0.3, -0.25) is 0 Å². The maximum Gasteiger partial charge on any atom is 0.220 e. The SMILES string of the molecule is CCN(CC)CCn1cc(-c2nc(N)ncc2Cl)c2cc(C#CC3(O)CCCC3)ccc21. The summed E-state index contributed by atoms with van der Waals surface area (Å²) in [4.78, 5) is 10.8. The second-order valence-corrected chi connectivity index (χ2v) is 8.82. The Balaban J connectivity index is 1.78. The number of benzene rings is 1. The average molecular weight is 452 g/mol. The first-order valence-electron chi connectivity index (χ1n) is 11.3. The molecule has 0 bridgehead atoms. The van der Waals surface area contributed by atoms with Gasteiger partial charge in [-0.25, -0.2) is 9.97 Å². The van der Waals surface area contributed by atoms with Crippen molar-refractivity contribution in [2.24, 2.45) is 0 Å². The largest absolute Gasteiger partial charge is 0.378 e. The van der Waals surface area contributed by atoms with Crippen molar-refractivity contribution in [2.45, 2.75) is 51.7 Å². The van der Waals surface area contributed by atoms with Crippen LogP contribution < -0.4 is 5.73 Å². The lowest BCUT2D eigenvalue weighted by molar-refractivity contribution is 0.110. The van der Waals surface area contributed by atoms with Gasteiger partial charge >= 0.3 is 0 Å². The molecule has 0 unspecified atom stereocenters. The van der Waals surface area contributed by atoms with E-state index in [-0.39, 0.29) is 5.95 Å². The molecule has 1 aromatic carbocycles. The summed E-state index contributed by atoms with van der Waals surface area (Å²) in [5.41, 5.74) is 8.47. The molecule has 3 aromatic rings. The third-order valence-corrected chi connectivity index (χ3v) is 6.60. The zero-order chi connectivity index (χ0) is 22.7. The van der Waals surface area contributed by atoms with Crippen LogP contribution in [0.25, 0.3) is 22.2 Å². The lowest BCUT2D eigenvalue weighted by Crippen LogP contribution is -2.26. The molecule has 6 nitrogen and oxygen atoms in total. The fourth-order valence-corrected chi connectivity index (χ4v) is 4.57. The molecular weight excluding hydrogens is 422 g/mol. The molecular formula is C25H30ClN5O. The molecule has 2 aromatic heterocycles. The van der Waals surface area contributed by atoms with Gasteiger partial charge in [0.15, 0.2) is 0 Å². The monoisotopic (exact) mass is 451 g/mol. The molecule has 0 aliphatic heterocycles. The van der Waals surface area contributed by atoms with Crippen molar-refractivity contribution in [1.29, 1.82) is 0 Å². The quantitative estimate of drug-likeness (QED) is 0.545. The zero-order valence-electron chi connectivity index (χ0n) is 18.7. The number of hydrogen-bond acceptors (Lipinski definition) is 5. The summed E-state index contributed by atoms with van der Waals surface area (Å²) in [5, 5.41) is 12.1. The Hall–Kier alpha value is -2.59. The number of nitrogen functional groups attached to an aromatic ring is 1. The number of aromatic nitrogens is 3. The van der Waals surface area contributed by atoms with Crippen LogP contribution in [-0.2, 0) is 6.54 Å². The van der Waals surface area contributed by atoms with Crippen LogP contribution in [0.5, 0.6) is 0 Å². The highest BCUT2D eigenvalue weighted by Gasteiger charge is 2.28. The minimum atomic E-state index is -0.863. The number of nitrogens with zero attached hydrogens (tertiary/aromatic N) is 4. The van der Waals surface area contributed by atoms with Crippen molar-refractivity contribution in [3.8, 4) is 23.1 Å². The van der Waals surface area contributed by atoms with Gasteiger partial charge in [-0.1, -0.05) is 37.3 Å². The van der Waals surface area contributed by atoms with Gasteiger partial charge in [-0.2, -0.15) is 0 Å². The molecule has 1 saturated carbocycles. The first kappa shape index (κ1) is 22.6. The van der Waals surface area contributed by atoms with E-state index in [0.717, 1.165) is 73.9 Å². The third-order valence-electron chi connectivity index (χ3n) is 6.32. The van der Waals surface area contributed by atoms with Gasteiger partial charge in [-0.15, -0.1) is 0 Å². The van der Waals surface area contributed by atoms with Crippen LogP contribution in [0, 0.1) is 11.8 Å². The Labute approximate surface area is 194 Å². The minimum absolute atomic E-state index is 0.188. The van der Waals surface area contributed by atoms with E-state index in [1.165, 1.54) is 6.20 Å². The van der Waals surface area contributed by atoms with E-state index in [1.54, 1.807) is 0 Å². The van der Waals surface area contributed by atoms with Crippen molar-refractivity contribution < 1.29 is 5.11 Å². The van der Waals surface area contributed by atoms with Crippen molar-refractivity contribution in [2.75, 3.05) is 25.4 Å². The highest BCUT2D eigenvalue weighted by Crippen LogP contribution is 2.34. The average Bonchev–Trinajstić information content (AvgIpc) is 3.39. The van der Waals surface area contributed by atoms with Crippen LogP contribution >= 0.6 is 11.6 Å². The fraction of sp³-hybridized carbons (Fsp3) is 0.440. The standard InChI is InChI=1S/C25H30ClN5O/c1-3-30(4-2)13-14-31-17-20(23-21(26)16-28-24(27)29-23)19-15-18(7-8-22(19)31)9-12-25(32)10-5-6-11-25/h7-8,15-17,32H,3-6,10-11,13-14H2,1-2H3,(H2,27,28,29). The molecule has 3 N–H and O–H groups in total. The number of halogens is 1. The van der Waals surface area contributed by atoms with E-state index in [4.69, 9.17) is 17.3 Å². The molecule has 0 amide bonds. The first-order chi connectivity index (χ1) is 15.4. The van der Waals surface area contributed by atoms with E-state index >= 15 is 0 Å². The van der Waals surface area contributed by atoms with Gasteiger partial charge < -0.3 is 20.3 Å². The summed E-state index contributed by atoms with van der Waals surface area (Å²) < 4.78 is 2.24. The number of aliphatic hydroxyl groups is 1. The van der Waals surface area contributed by atoms with E-state index in [0.29, 0.717) is 10.7 Å². The summed E-state index contributed by atoms with van der Waals surface area (Å²) in [6.07, 6.45) is 7.16. The summed E-state index contributed by atoms with van der Waals surface area (Å²) in [6, 6.07) is 6.15. The molecule has 7 heteroatoms. The molecule has 1 aliphatic rings. The number of nitrogens with two attached hydrogens (primary N) is 1. The van der Waals surface area contributed by atoms with E-state index in [2.05, 4.69) is 63.5 Å². The lowest BCUT2D eigenvalue weighted by atomic mass is 10.0. The predicted molar refractivity (Wildman–Crippen MR) is 130 cm³/mol. The second-order valence-electron chi connectivity index (χ2n) is 8.41. The molecule has 2 heterocycles. The predicted octanol–water partition coefficient (Wildman–Crippen LogP) is 4.33. The molecule has 168 valence electrons. The Morgan fingerprint density at radius 1 is 1.25 bits per heavy atom. The zero-order valence-corrected chi connectivity index (χ0v) is 19.5. The number of anilines is 1. The van der Waals surface area contributed by atoms with E-state index in [9.17, 15) is 5.11 Å². The number of hydrogen-bond donors (Lipinski definition) is 2. The highest BCUT2D eigenvalue weighted by molar-refractivity contribution is 6.33. The van der Waals surface area contributed by atoms with Crippen LogP contribution in [0.1, 0.15) is 45.1 Å². The molecule has 1 fully saturated rings. The normalized spacial score (nSPS) is 15.3. The van der Waals surface area contributed by atoms with Crippen LogP contribution in [0.15, 0.2) is 30.6 Å². The van der Waals surface area contributed by atoms with Crippen molar-refractivity contribution in [3.05, 3.63) is 41.2 Å². The van der Waals surface area contributed by atoms with Gasteiger partial charge in [0.2, 0.25) is 5.95 Å². The summed E-state index contributed by atoms with van der Waals surface area (Å²) in [7, 11) is 0. The van der Waals surface area contributed by atoms with Crippen molar-refractivity contribution in [1.82, 2.24) is 19.4 Å². The molecule has 0 radical (unpaired) electrons. The first-order valence-corrected chi connectivity index (χ1v) is 11.7. The second kappa shape index (κ2) is 9.50. The lowest BCUT2D eigenvalue weighted by Gasteiger charge is -2.18. The van der Waals surface area contributed by atoms with Gasteiger partial charge in [0, 0.05) is 41.3 Å². The number of likely N-dealkylation sites (N-methyl/N-ethyl adjacent to an activating group) is 1. The number of rotatable bonds is 6. The molecule has 0 saturated heterocycles. The van der Waals surface area contributed by atoms with Crippen LogP contribution in [0.4, 0.5) is 5.95 Å². The van der Waals surface area contributed by atoms with Crippen molar-refractivity contribution in [3.63, 3.8) is 0 Å². The maximum absolute atomic E-state index is 10.6. The number of fused-ring (bicyclic) bond motifs is 1.